The van der Waals surface area contributed by atoms with Crippen molar-refractivity contribution in [3.63, 3.8) is 0 Å². The van der Waals surface area contributed by atoms with Crippen LogP contribution in [0.4, 0.5) is 5.82 Å². The van der Waals surface area contributed by atoms with Crippen LogP contribution in [0.15, 0.2) is 34.9 Å². The quantitative estimate of drug-likeness (QED) is 0.856. The number of hydrogen-bond donors (Lipinski definition) is 0. The van der Waals surface area contributed by atoms with Gasteiger partial charge in [0.15, 0.2) is 5.82 Å². The maximum atomic E-state index is 12.7. The lowest BCUT2D eigenvalue weighted by Gasteiger charge is -2.37. The van der Waals surface area contributed by atoms with Crippen LogP contribution in [-0.2, 0) is 4.79 Å². The van der Waals surface area contributed by atoms with Crippen molar-refractivity contribution in [2.45, 2.75) is 38.1 Å². The second-order valence-corrected chi connectivity index (χ2v) is 7.16. The summed E-state index contributed by atoms with van der Waals surface area (Å²) in [6, 6.07) is 8.27. The lowest BCUT2D eigenvalue weighted by atomic mass is 10.0. The Morgan fingerprint density at radius 1 is 1.24 bits per heavy atom. The van der Waals surface area contributed by atoms with Crippen LogP contribution >= 0.6 is 0 Å². The van der Waals surface area contributed by atoms with Gasteiger partial charge in [0.2, 0.25) is 5.91 Å². The van der Waals surface area contributed by atoms with Gasteiger partial charge >= 0.3 is 0 Å². The summed E-state index contributed by atoms with van der Waals surface area (Å²) >= 11 is 0. The molecule has 1 aliphatic heterocycles. The summed E-state index contributed by atoms with van der Waals surface area (Å²) in [6.45, 7) is 3.57. The van der Waals surface area contributed by atoms with Gasteiger partial charge in [-0.15, -0.1) is 5.10 Å². The molecule has 1 aliphatic carbocycles. The average Bonchev–Trinajstić information content (AvgIpc) is 3.26. The first-order chi connectivity index (χ1) is 12.1. The van der Waals surface area contributed by atoms with Crippen molar-refractivity contribution in [1.29, 1.82) is 0 Å². The Morgan fingerprint density at radius 2 is 2.04 bits per heavy atom. The molecule has 6 heteroatoms. The van der Waals surface area contributed by atoms with E-state index in [1.54, 1.807) is 6.26 Å². The highest BCUT2D eigenvalue weighted by atomic mass is 16.3. The molecule has 2 fully saturated rings. The van der Waals surface area contributed by atoms with Gasteiger partial charge in [-0.2, -0.15) is 5.10 Å². The lowest BCUT2D eigenvalue weighted by molar-refractivity contribution is -0.133. The zero-order valence-corrected chi connectivity index (χ0v) is 14.8. The predicted molar refractivity (Wildman–Crippen MR) is 94.3 cm³/mol. The number of amides is 1. The van der Waals surface area contributed by atoms with Crippen LogP contribution in [0.3, 0.4) is 0 Å². The summed E-state index contributed by atoms with van der Waals surface area (Å²) in [5, 5.41) is 8.41. The fraction of sp³-hybridized carbons (Fsp3) is 0.526. The van der Waals surface area contributed by atoms with Crippen LogP contribution in [0.1, 0.15) is 36.6 Å². The Bertz CT molecular complexity index is 720. The van der Waals surface area contributed by atoms with Crippen LogP contribution in [-0.4, -0.2) is 47.2 Å². The Balaban J connectivity index is 1.31. The van der Waals surface area contributed by atoms with Crippen molar-refractivity contribution in [1.82, 2.24) is 15.1 Å². The molecule has 2 aromatic heterocycles. The first-order valence-corrected chi connectivity index (χ1v) is 8.99. The summed E-state index contributed by atoms with van der Waals surface area (Å²) in [5.74, 6) is 2.54. The number of furan rings is 1. The van der Waals surface area contributed by atoms with Crippen LogP contribution < -0.4 is 4.90 Å². The van der Waals surface area contributed by atoms with Gasteiger partial charge in [-0.05, 0) is 50.5 Å². The summed E-state index contributed by atoms with van der Waals surface area (Å²) < 4.78 is 5.44. The van der Waals surface area contributed by atoms with Crippen LogP contribution in [0.2, 0.25) is 0 Å². The Morgan fingerprint density at radius 3 is 2.68 bits per heavy atom. The number of carbonyl (C=O) groups excluding carboxylic acids is 1. The Hall–Kier alpha value is -2.37. The molecule has 0 aromatic carbocycles. The van der Waals surface area contributed by atoms with Crippen molar-refractivity contribution in [3.05, 3.63) is 42.0 Å². The maximum absolute atomic E-state index is 12.7. The topological polar surface area (TPSA) is 62.5 Å². The molecule has 2 aliphatic rings. The van der Waals surface area contributed by atoms with Gasteiger partial charge in [-0.25, -0.2) is 0 Å². The summed E-state index contributed by atoms with van der Waals surface area (Å²) in [5.41, 5.74) is 0.924. The molecule has 2 unspecified atom stereocenters. The Kier molecular flexibility index (Phi) is 4.19. The van der Waals surface area contributed by atoms with Crippen LogP contribution in [0, 0.1) is 12.8 Å². The third-order valence-corrected chi connectivity index (χ3v) is 5.49. The van der Waals surface area contributed by atoms with E-state index in [-0.39, 0.29) is 17.7 Å². The monoisotopic (exact) mass is 340 g/mol. The highest BCUT2D eigenvalue weighted by Crippen LogP contribution is 2.48. The van der Waals surface area contributed by atoms with Gasteiger partial charge in [-0.3, -0.25) is 4.79 Å². The van der Waals surface area contributed by atoms with E-state index in [0.29, 0.717) is 6.04 Å². The molecular weight excluding hydrogens is 316 g/mol. The number of aromatic nitrogens is 2. The Labute approximate surface area is 147 Å². The molecule has 25 heavy (non-hydrogen) atoms. The molecule has 1 saturated carbocycles. The van der Waals surface area contributed by atoms with Gasteiger partial charge in [0.05, 0.1) is 12.0 Å². The molecule has 3 heterocycles. The molecule has 0 N–H and O–H groups in total. The van der Waals surface area contributed by atoms with Crippen molar-refractivity contribution < 1.29 is 9.21 Å². The molecule has 6 nitrogen and oxygen atoms in total. The van der Waals surface area contributed by atoms with Gasteiger partial charge < -0.3 is 14.2 Å². The van der Waals surface area contributed by atoms with E-state index in [9.17, 15) is 4.79 Å². The van der Waals surface area contributed by atoms with Crippen LogP contribution in [0.5, 0.6) is 0 Å². The predicted octanol–water partition coefficient (Wildman–Crippen LogP) is 2.61. The molecule has 0 bridgehead atoms. The van der Waals surface area contributed by atoms with Gasteiger partial charge in [0, 0.05) is 38.0 Å². The molecule has 132 valence electrons. The lowest BCUT2D eigenvalue weighted by Crippen LogP contribution is -2.46. The van der Waals surface area contributed by atoms with Crippen LogP contribution in [0.25, 0.3) is 0 Å². The van der Waals surface area contributed by atoms with E-state index in [2.05, 4.69) is 22.1 Å². The van der Waals surface area contributed by atoms with Crippen molar-refractivity contribution in [3.8, 4) is 0 Å². The molecule has 4 rings (SSSR count). The van der Waals surface area contributed by atoms with E-state index >= 15 is 0 Å². The molecular formula is C19H24N4O2. The number of anilines is 1. The number of likely N-dealkylation sites (tertiary alicyclic amines) is 1. The summed E-state index contributed by atoms with van der Waals surface area (Å²) in [7, 11) is 2.06. The van der Waals surface area contributed by atoms with E-state index in [1.165, 1.54) is 0 Å². The minimum Gasteiger partial charge on any atom is -0.469 e. The molecule has 0 spiro atoms. The first kappa shape index (κ1) is 16.1. The van der Waals surface area contributed by atoms with Crippen molar-refractivity contribution in [2.75, 3.05) is 25.0 Å². The van der Waals surface area contributed by atoms with Crippen molar-refractivity contribution >= 4 is 11.7 Å². The standard InChI is InChI=1S/C19H24N4O2/c1-13-5-6-18(21-20-13)22(2)14-7-9-23(10-8-14)19(24)16-12-15(16)17-4-3-11-25-17/h3-6,11,14-16H,7-10,12H2,1-2H3. The molecule has 1 saturated heterocycles. The van der Waals surface area contributed by atoms with E-state index < -0.39 is 0 Å². The minimum absolute atomic E-state index is 0.114. The van der Waals surface area contributed by atoms with E-state index in [1.807, 2.05) is 36.1 Å². The fourth-order valence-electron chi connectivity index (χ4n) is 3.76. The normalized spacial score (nSPS) is 23.5. The molecule has 1 amide bonds. The van der Waals surface area contributed by atoms with E-state index in [4.69, 9.17) is 4.42 Å². The number of rotatable bonds is 4. The van der Waals surface area contributed by atoms with Gasteiger partial charge in [0.1, 0.15) is 5.76 Å². The number of aryl methyl sites for hydroxylation is 1. The maximum Gasteiger partial charge on any atom is 0.226 e. The zero-order valence-electron chi connectivity index (χ0n) is 14.8. The second-order valence-electron chi connectivity index (χ2n) is 7.16. The zero-order chi connectivity index (χ0) is 17.4. The average molecular weight is 340 g/mol. The van der Waals surface area contributed by atoms with Crippen molar-refractivity contribution in [2.24, 2.45) is 5.92 Å². The summed E-state index contributed by atoms with van der Waals surface area (Å²) in [4.78, 5) is 16.9. The van der Waals surface area contributed by atoms with Gasteiger partial charge in [-0.1, -0.05) is 0 Å². The third kappa shape index (κ3) is 3.25. The molecule has 2 aromatic rings. The number of hydrogen-bond acceptors (Lipinski definition) is 5. The first-order valence-electron chi connectivity index (χ1n) is 8.99. The van der Waals surface area contributed by atoms with E-state index in [0.717, 1.165) is 49.6 Å². The molecule has 0 radical (unpaired) electrons. The highest BCUT2D eigenvalue weighted by Gasteiger charge is 2.47. The number of piperidine rings is 1. The fourth-order valence-corrected chi connectivity index (χ4v) is 3.76. The summed E-state index contributed by atoms with van der Waals surface area (Å²) in [6.07, 6.45) is 4.54. The number of nitrogens with zero attached hydrogens (tertiary/aromatic N) is 4. The molecule has 2 atom stereocenters. The third-order valence-electron chi connectivity index (χ3n) is 5.49. The number of carbonyl (C=O) groups is 1. The SMILES string of the molecule is Cc1ccc(N(C)C2CCN(C(=O)C3CC3c3ccco3)CC2)nn1. The van der Waals surface area contributed by atoms with Gasteiger partial charge in [0.25, 0.3) is 0 Å². The highest BCUT2D eigenvalue weighted by molar-refractivity contribution is 5.83. The largest absolute Gasteiger partial charge is 0.469 e. The second kappa shape index (κ2) is 6.50. The smallest absolute Gasteiger partial charge is 0.226 e. The minimum atomic E-state index is 0.114.